The van der Waals surface area contributed by atoms with E-state index in [4.69, 9.17) is 0 Å². The van der Waals surface area contributed by atoms with Crippen molar-refractivity contribution in [2.24, 2.45) is 0 Å². The van der Waals surface area contributed by atoms with Crippen LogP contribution in [0.25, 0.3) is 0 Å². The van der Waals surface area contributed by atoms with Crippen molar-refractivity contribution < 1.29 is 0 Å². The monoisotopic (exact) mass is 191 g/mol. The summed E-state index contributed by atoms with van der Waals surface area (Å²) < 4.78 is 1.93. The van der Waals surface area contributed by atoms with Gasteiger partial charge >= 0.3 is 0 Å². The first kappa shape index (κ1) is 10.8. The first-order valence-corrected chi connectivity index (χ1v) is 4.99. The van der Waals surface area contributed by atoms with Gasteiger partial charge in [-0.1, -0.05) is 12.8 Å². The number of hydrogen-bond acceptors (Lipinski definition) is 2. The highest BCUT2D eigenvalue weighted by molar-refractivity contribution is 5.04. The van der Waals surface area contributed by atoms with Crippen molar-refractivity contribution in [1.82, 2.24) is 15.1 Å². The molecule has 3 nitrogen and oxygen atoms in total. The maximum atomic E-state index is 4.21. The number of rotatable bonds is 5. The molecular formula is C11H17N3. The summed E-state index contributed by atoms with van der Waals surface area (Å²) in [5.74, 6) is 5.87. The van der Waals surface area contributed by atoms with Crippen molar-refractivity contribution in [1.29, 1.82) is 0 Å². The minimum atomic E-state index is 0.687. The van der Waals surface area contributed by atoms with Gasteiger partial charge in [0.15, 0.2) is 0 Å². The van der Waals surface area contributed by atoms with Gasteiger partial charge in [-0.15, -0.1) is 5.92 Å². The van der Waals surface area contributed by atoms with Gasteiger partial charge in [-0.3, -0.25) is 4.68 Å². The Morgan fingerprint density at radius 3 is 3.14 bits per heavy atom. The second kappa shape index (κ2) is 6.22. The van der Waals surface area contributed by atoms with Crippen molar-refractivity contribution in [2.75, 3.05) is 6.54 Å². The molecule has 0 aliphatic rings. The third kappa shape index (κ3) is 3.23. The summed E-state index contributed by atoms with van der Waals surface area (Å²) in [5.41, 5.74) is 1.20. The normalized spacial score (nSPS) is 9.57. The largest absolute Gasteiger partial charge is 0.311 e. The smallest absolute Gasteiger partial charge is 0.102 e. The molecule has 1 aromatic heterocycles. The standard InChI is InChI=1S/C11H17N3/c1-3-5-9-14-11(6-8-13-14)10-12-7-4-2/h6,8,12H,4,7,9-10H2,1-2H3. The van der Waals surface area contributed by atoms with Crippen molar-refractivity contribution in [3.05, 3.63) is 18.0 Å². The highest BCUT2D eigenvalue weighted by Gasteiger charge is 1.99. The van der Waals surface area contributed by atoms with Crippen LogP contribution in [0, 0.1) is 11.8 Å². The quantitative estimate of drug-likeness (QED) is 0.563. The molecule has 0 aromatic carbocycles. The lowest BCUT2D eigenvalue weighted by molar-refractivity contribution is 0.603. The van der Waals surface area contributed by atoms with Crippen LogP contribution in [0.5, 0.6) is 0 Å². The van der Waals surface area contributed by atoms with E-state index in [0.29, 0.717) is 6.54 Å². The first-order valence-electron chi connectivity index (χ1n) is 4.99. The lowest BCUT2D eigenvalue weighted by Gasteiger charge is -2.04. The van der Waals surface area contributed by atoms with Crippen molar-refractivity contribution in [3.8, 4) is 11.8 Å². The topological polar surface area (TPSA) is 29.9 Å². The zero-order valence-corrected chi connectivity index (χ0v) is 8.88. The fraction of sp³-hybridized carbons (Fsp3) is 0.545. The Kier molecular flexibility index (Phi) is 4.81. The third-order valence-corrected chi connectivity index (χ3v) is 1.94. The molecule has 1 heterocycles. The molecule has 0 radical (unpaired) electrons. The van der Waals surface area contributed by atoms with E-state index in [2.05, 4.69) is 29.2 Å². The van der Waals surface area contributed by atoms with E-state index in [1.54, 1.807) is 0 Å². The molecule has 0 saturated carbocycles. The van der Waals surface area contributed by atoms with E-state index in [0.717, 1.165) is 19.5 Å². The Bertz CT molecular complexity index is 317. The average molecular weight is 191 g/mol. The second-order valence-corrected chi connectivity index (χ2v) is 3.08. The molecule has 1 rings (SSSR count). The van der Waals surface area contributed by atoms with Crippen LogP contribution >= 0.6 is 0 Å². The van der Waals surface area contributed by atoms with Crippen LogP contribution in [-0.4, -0.2) is 16.3 Å². The predicted octanol–water partition coefficient (Wildman–Crippen LogP) is 1.41. The highest BCUT2D eigenvalue weighted by Crippen LogP contribution is 1.97. The van der Waals surface area contributed by atoms with Gasteiger partial charge in [0.05, 0.1) is 5.69 Å². The first-order chi connectivity index (χ1) is 6.88. The molecule has 0 spiro atoms. The molecule has 1 N–H and O–H groups in total. The van der Waals surface area contributed by atoms with E-state index in [9.17, 15) is 0 Å². The van der Waals surface area contributed by atoms with Crippen LogP contribution in [0.1, 0.15) is 26.0 Å². The number of aromatic nitrogens is 2. The molecule has 0 saturated heterocycles. The van der Waals surface area contributed by atoms with Crippen LogP contribution < -0.4 is 5.32 Å². The van der Waals surface area contributed by atoms with Crippen molar-refractivity contribution >= 4 is 0 Å². The lowest BCUT2D eigenvalue weighted by Crippen LogP contribution is -2.17. The molecule has 3 heteroatoms. The van der Waals surface area contributed by atoms with E-state index >= 15 is 0 Å². The van der Waals surface area contributed by atoms with Gasteiger partial charge in [0.1, 0.15) is 6.54 Å². The summed E-state index contributed by atoms with van der Waals surface area (Å²) in [6.07, 6.45) is 2.98. The lowest BCUT2D eigenvalue weighted by atomic mass is 10.4. The molecule has 14 heavy (non-hydrogen) atoms. The van der Waals surface area contributed by atoms with Gasteiger partial charge in [-0.25, -0.2) is 0 Å². The Balaban J connectivity index is 2.48. The van der Waals surface area contributed by atoms with E-state index in [1.807, 2.05) is 23.9 Å². The molecule has 0 fully saturated rings. The Hall–Kier alpha value is -1.27. The van der Waals surface area contributed by atoms with E-state index < -0.39 is 0 Å². The molecule has 0 aliphatic heterocycles. The molecule has 1 aromatic rings. The summed E-state index contributed by atoms with van der Waals surface area (Å²) in [7, 11) is 0. The molecule has 76 valence electrons. The molecule has 0 unspecified atom stereocenters. The second-order valence-electron chi connectivity index (χ2n) is 3.08. The molecule has 0 amide bonds. The third-order valence-electron chi connectivity index (χ3n) is 1.94. The van der Waals surface area contributed by atoms with Crippen LogP contribution in [0.15, 0.2) is 12.3 Å². The fourth-order valence-corrected chi connectivity index (χ4v) is 1.20. The minimum absolute atomic E-state index is 0.687. The van der Waals surface area contributed by atoms with Gasteiger partial charge in [0, 0.05) is 12.7 Å². The fourth-order valence-electron chi connectivity index (χ4n) is 1.20. The van der Waals surface area contributed by atoms with Gasteiger partial charge in [-0.05, 0) is 26.0 Å². The number of hydrogen-bond donors (Lipinski definition) is 1. The molecule has 0 atom stereocenters. The van der Waals surface area contributed by atoms with Crippen LogP contribution in [0.2, 0.25) is 0 Å². The highest BCUT2D eigenvalue weighted by atomic mass is 15.3. The molecule has 0 bridgehead atoms. The number of nitrogens with zero attached hydrogens (tertiary/aromatic N) is 2. The van der Waals surface area contributed by atoms with Gasteiger partial charge < -0.3 is 5.32 Å². The Morgan fingerprint density at radius 2 is 2.43 bits per heavy atom. The summed E-state index contributed by atoms with van der Waals surface area (Å²) in [6.45, 7) is 6.61. The Morgan fingerprint density at radius 1 is 1.57 bits per heavy atom. The van der Waals surface area contributed by atoms with E-state index in [-0.39, 0.29) is 0 Å². The molecule has 0 aliphatic carbocycles. The van der Waals surface area contributed by atoms with Crippen molar-refractivity contribution in [3.63, 3.8) is 0 Å². The molecular weight excluding hydrogens is 174 g/mol. The number of nitrogens with one attached hydrogen (secondary N) is 1. The zero-order valence-electron chi connectivity index (χ0n) is 8.88. The van der Waals surface area contributed by atoms with Gasteiger partial charge in [0.25, 0.3) is 0 Å². The van der Waals surface area contributed by atoms with Crippen LogP contribution in [-0.2, 0) is 13.1 Å². The maximum absolute atomic E-state index is 4.21. The van der Waals surface area contributed by atoms with Crippen LogP contribution in [0.4, 0.5) is 0 Å². The summed E-state index contributed by atoms with van der Waals surface area (Å²) in [4.78, 5) is 0. The van der Waals surface area contributed by atoms with Gasteiger partial charge in [0.2, 0.25) is 0 Å². The summed E-state index contributed by atoms with van der Waals surface area (Å²) in [5, 5.41) is 7.55. The summed E-state index contributed by atoms with van der Waals surface area (Å²) in [6, 6.07) is 2.03. The minimum Gasteiger partial charge on any atom is -0.311 e. The summed E-state index contributed by atoms with van der Waals surface area (Å²) >= 11 is 0. The van der Waals surface area contributed by atoms with Gasteiger partial charge in [-0.2, -0.15) is 5.10 Å². The SMILES string of the molecule is CC#CCn1nccc1CNCCC. The Labute approximate surface area is 85.5 Å². The average Bonchev–Trinajstić information content (AvgIpc) is 2.63. The maximum Gasteiger partial charge on any atom is 0.102 e. The van der Waals surface area contributed by atoms with Crippen LogP contribution in [0.3, 0.4) is 0 Å². The van der Waals surface area contributed by atoms with Crippen molar-refractivity contribution in [2.45, 2.75) is 33.4 Å². The predicted molar refractivity (Wildman–Crippen MR) is 57.7 cm³/mol. The zero-order chi connectivity index (χ0) is 10.2. The van der Waals surface area contributed by atoms with E-state index in [1.165, 1.54) is 5.69 Å².